The van der Waals surface area contributed by atoms with E-state index < -0.39 is 0 Å². The van der Waals surface area contributed by atoms with Gasteiger partial charge in [-0.25, -0.2) is 4.98 Å². The molecular formula is C9H9ClN2O. The highest BCUT2D eigenvalue weighted by Gasteiger charge is 2.03. The zero-order chi connectivity index (χ0) is 9.26. The van der Waals surface area contributed by atoms with Crippen LogP contribution in [0.2, 0.25) is 5.02 Å². The lowest BCUT2D eigenvalue weighted by Crippen LogP contribution is -1.94. The molecule has 0 saturated carbocycles. The van der Waals surface area contributed by atoms with Crippen LogP contribution in [-0.2, 0) is 0 Å². The van der Waals surface area contributed by atoms with Crippen molar-refractivity contribution in [3.05, 3.63) is 29.7 Å². The fraction of sp³-hybridized carbons (Fsp3) is 0.222. The lowest BCUT2D eigenvalue weighted by Gasteiger charge is -2.05. The van der Waals surface area contributed by atoms with Crippen molar-refractivity contribution < 1.29 is 4.74 Å². The van der Waals surface area contributed by atoms with Gasteiger partial charge in [0.1, 0.15) is 11.4 Å². The normalized spacial score (nSPS) is 10.6. The quantitative estimate of drug-likeness (QED) is 0.738. The van der Waals surface area contributed by atoms with Crippen LogP contribution in [0.25, 0.3) is 5.65 Å². The summed E-state index contributed by atoms with van der Waals surface area (Å²) in [6.07, 6.45) is 5.35. The van der Waals surface area contributed by atoms with Crippen molar-refractivity contribution >= 4 is 17.2 Å². The Balaban J connectivity index is 2.56. The molecule has 0 aliphatic rings. The lowest BCUT2D eigenvalue weighted by atomic mass is 10.4. The Labute approximate surface area is 80.9 Å². The van der Waals surface area contributed by atoms with E-state index in [-0.39, 0.29) is 0 Å². The zero-order valence-corrected chi connectivity index (χ0v) is 7.95. The minimum Gasteiger partial charge on any atom is -0.492 e. The van der Waals surface area contributed by atoms with E-state index in [0.717, 1.165) is 5.65 Å². The predicted molar refractivity (Wildman–Crippen MR) is 51.4 cm³/mol. The Morgan fingerprint density at radius 2 is 2.46 bits per heavy atom. The first-order valence-corrected chi connectivity index (χ1v) is 4.44. The Morgan fingerprint density at radius 3 is 3.23 bits per heavy atom. The van der Waals surface area contributed by atoms with Gasteiger partial charge in [-0.1, -0.05) is 11.6 Å². The average Bonchev–Trinajstić information content (AvgIpc) is 2.52. The molecular weight excluding hydrogens is 188 g/mol. The maximum Gasteiger partial charge on any atom is 0.143 e. The number of imidazole rings is 1. The predicted octanol–water partition coefficient (Wildman–Crippen LogP) is 2.39. The van der Waals surface area contributed by atoms with Gasteiger partial charge in [-0.15, -0.1) is 0 Å². The summed E-state index contributed by atoms with van der Waals surface area (Å²) in [6.45, 7) is 2.53. The van der Waals surface area contributed by atoms with Crippen LogP contribution in [0.5, 0.6) is 5.75 Å². The number of fused-ring (bicyclic) bond motifs is 1. The summed E-state index contributed by atoms with van der Waals surface area (Å²) in [7, 11) is 0. The first-order valence-electron chi connectivity index (χ1n) is 4.06. The minimum atomic E-state index is 0.604. The number of hydrogen-bond donors (Lipinski definition) is 0. The van der Waals surface area contributed by atoms with Gasteiger partial charge in [0, 0.05) is 24.7 Å². The van der Waals surface area contributed by atoms with Crippen LogP contribution in [0.4, 0.5) is 0 Å². The van der Waals surface area contributed by atoms with Crippen LogP contribution in [0.3, 0.4) is 0 Å². The highest BCUT2D eigenvalue weighted by molar-refractivity contribution is 6.32. The topological polar surface area (TPSA) is 26.5 Å². The van der Waals surface area contributed by atoms with Crippen molar-refractivity contribution in [3.8, 4) is 5.75 Å². The summed E-state index contributed by atoms with van der Waals surface area (Å²) in [5.41, 5.74) is 0.841. The van der Waals surface area contributed by atoms with Crippen LogP contribution >= 0.6 is 11.6 Å². The molecule has 0 unspecified atom stereocenters. The molecule has 0 radical (unpaired) electrons. The van der Waals surface area contributed by atoms with Crippen LogP contribution < -0.4 is 4.74 Å². The summed E-state index contributed by atoms with van der Waals surface area (Å²) in [6, 6.07) is 1.83. The summed E-state index contributed by atoms with van der Waals surface area (Å²) in [5, 5.41) is 0.604. The van der Waals surface area contributed by atoms with Gasteiger partial charge < -0.3 is 9.14 Å². The summed E-state index contributed by atoms with van der Waals surface area (Å²) in [4.78, 5) is 4.13. The van der Waals surface area contributed by atoms with Crippen molar-refractivity contribution in [3.63, 3.8) is 0 Å². The molecule has 2 aromatic rings. The van der Waals surface area contributed by atoms with Gasteiger partial charge in [0.15, 0.2) is 0 Å². The smallest absolute Gasteiger partial charge is 0.143 e. The molecule has 13 heavy (non-hydrogen) atoms. The number of hydrogen-bond acceptors (Lipinski definition) is 2. The van der Waals surface area contributed by atoms with E-state index in [1.165, 1.54) is 0 Å². The van der Waals surface area contributed by atoms with Gasteiger partial charge in [0.25, 0.3) is 0 Å². The molecule has 68 valence electrons. The Morgan fingerprint density at radius 1 is 1.62 bits per heavy atom. The maximum absolute atomic E-state index is 5.97. The van der Waals surface area contributed by atoms with Crippen LogP contribution in [0.15, 0.2) is 24.7 Å². The maximum atomic E-state index is 5.97. The summed E-state index contributed by atoms with van der Waals surface area (Å²) < 4.78 is 7.18. The highest BCUT2D eigenvalue weighted by atomic mass is 35.5. The third-order valence-electron chi connectivity index (χ3n) is 1.75. The first kappa shape index (κ1) is 8.38. The minimum absolute atomic E-state index is 0.604. The first-order chi connectivity index (χ1) is 6.31. The van der Waals surface area contributed by atoms with Crippen LogP contribution in [0.1, 0.15) is 6.92 Å². The highest BCUT2D eigenvalue weighted by Crippen LogP contribution is 2.25. The Bertz CT molecular complexity index is 424. The average molecular weight is 197 g/mol. The molecule has 3 nitrogen and oxygen atoms in total. The number of ether oxygens (including phenoxy) is 1. The van der Waals surface area contributed by atoms with Gasteiger partial charge >= 0.3 is 0 Å². The van der Waals surface area contributed by atoms with E-state index in [0.29, 0.717) is 17.4 Å². The number of aromatic nitrogens is 2. The lowest BCUT2D eigenvalue weighted by molar-refractivity contribution is 0.340. The van der Waals surface area contributed by atoms with Crippen molar-refractivity contribution in [1.82, 2.24) is 9.38 Å². The molecule has 0 saturated heterocycles. The second-order valence-electron chi connectivity index (χ2n) is 2.61. The molecule has 0 N–H and O–H groups in total. The zero-order valence-electron chi connectivity index (χ0n) is 7.20. The second kappa shape index (κ2) is 3.26. The van der Waals surface area contributed by atoms with Crippen molar-refractivity contribution in [2.24, 2.45) is 0 Å². The van der Waals surface area contributed by atoms with Crippen LogP contribution in [0, 0.1) is 0 Å². The third-order valence-corrected chi connectivity index (χ3v) is 2.03. The van der Waals surface area contributed by atoms with Gasteiger partial charge in [-0.05, 0) is 6.92 Å². The number of halogens is 1. The molecule has 4 heteroatoms. The molecule has 0 spiro atoms. The summed E-state index contributed by atoms with van der Waals surface area (Å²) >= 11 is 5.97. The van der Waals surface area contributed by atoms with Crippen molar-refractivity contribution in [2.75, 3.05) is 6.61 Å². The van der Waals surface area contributed by atoms with Crippen molar-refractivity contribution in [1.29, 1.82) is 0 Å². The second-order valence-corrected chi connectivity index (χ2v) is 3.02. The number of pyridine rings is 1. The van der Waals surface area contributed by atoms with E-state index in [9.17, 15) is 0 Å². The Kier molecular flexibility index (Phi) is 2.10. The molecule has 2 rings (SSSR count). The molecule has 0 atom stereocenters. The van der Waals surface area contributed by atoms with Gasteiger partial charge in [-0.3, -0.25) is 0 Å². The van der Waals surface area contributed by atoms with E-state index in [2.05, 4.69) is 4.98 Å². The standard InChI is InChI=1S/C9H9ClN2O/c1-2-13-8-5-9-11-3-4-12(9)6-7(8)10/h3-6H,2H2,1H3. The van der Waals surface area contributed by atoms with Gasteiger partial charge in [0.05, 0.1) is 11.6 Å². The third kappa shape index (κ3) is 1.47. The molecule has 0 fully saturated rings. The van der Waals surface area contributed by atoms with Crippen molar-refractivity contribution in [2.45, 2.75) is 6.92 Å². The Hall–Kier alpha value is -1.22. The largest absolute Gasteiger partial charge is 0.492 e. The summed E-state index contributed by atoms with van der Waals surface area (Å²) in [5.74, 6) is 0.683. The molecule has 0 aliphatic heterocycles. The van der Waals surface area contributed by atoms with E-state index >= 15 is 0 Å². The van der Waals surface area contributed by atoms with Gasteiger partial charge in [-0.2, -0.15) is 0 Å². The SMILES string of the molecule is CCOc1cc2nccn2cc1Cl. The van der Waals surface area contributed by atoms with Gasteiger partial charge in [0.2, 0.25) is 0 Å². The van der Waals surface area contributed by atoms with E-state index in [1.807, 2.05) is 23.6 Å². The number of rotatable bonds is 2. The monoisotopic (exact) mass is 196 g/mol. The van der Waals surface area contributed by atoms with E-state index in [1.54, 1.807) is 12.4 Å². The van der Waals surface area contributed by atoms with E-state index in [4.69, 9.17) is 16.3 Å². The molecule has 0 bridgehead atoms. The molecule has 2 heterocycles. The fourth-order valence-corrected chi connectivity index (χ4v) is 1.40. The molecule has 0 amide bonds. The molecule has 0 aliphatic carbocycles. The fourth-order valence-electron chi connectivity index (χ4n) is 1.18. The number of nitrogens with zero attached hydrogens (tertiary/aromatic N) is 2. The van der Waals surface area contributed by atoms with Crippen LogP contribution in [-0.4, -0.2) is 16.0 Å². The molecule has 2 aromatic heterocycles. The molecule has 0 aromatic carbocycles.